The van der Waals surface area contributed by atoms with E-state index in [1.165, 1.54) is 6.20 Å². The van der Waals surface area contributed by atoms with E-state index in [2.05, 4.69) is 29.4 Å². The fourth-order valence-electron chi connectivity index (χ4n) is 0.842. The quantitative estimate of drug-likeness (QED) is 0.792. The third-order valence-electron chi connectivity index (χ3n) is 1.99. The molecule has 0 atom stereocenters. The first-order chi connectivity index (χ1) is 6.55. The van der Waals surface area contributed by atoms with Gasteiger partial charge < -0.3 is 5.32 Å². The maximum Gasteiger partial charge on any atom is 0.254 e. The third-order valence-corrected chi connectivity index (χ3v) is 3.24. The standard InChI is InChI=1S/C9H15N3OS/c1-9(2,14-3)6-10-8(13)7-4-11-12-5-7/h4-5H,6H2,1-3H3,(H,10,13)(H,11,12). The molecular formula is C9H15N3OS. The highest BCUT2D eigenvalue weighted by atomic mass is 32.2. The summed E-state index contributed by atoms with van der Waals surface area (Å²) in [4.78, 5) is 11.5. The van der Waals surface area contributed by atoms with Crippen LogP contribution >= 0.6 is 11.8 Å². The largest absolute Gasteiger partial charge is 0.351 e. The molecule has 0 radical (unpaired) electrons. The van der Waals surface area contributed by atoms with Gasteiger partial charge in [0.15, 0.2) is 0 Å². The Morgan fingerprint density at radius 1 is 1.71 bits per heavy atom. The predicted molar refractivity (Wildman–Crippen MR) is 58.5 cm³/mol. The van der Waals surface area contributed by atoms with E-state index in [0.29, 0.717) is 12.1 Å². The summed E-state index contributed by atoms with van der Waals surface area (Å²) in [6.45, 7) is 4.83. The molecule has 2 N–H and O–H groups in total. The van der Waals surface area contributed by atoms with Crippen LogP contribution in [-0.2, 0) is 0 Å². The number of nitrogens with zero attached hydrogens (tertiary/aromatic N) is 1. The highest BCUT2D eigenvalue weighted by molar-refractivity contribution is 7.99. The van der Waals surface area contributed by atoms with Gasteiger partial charge in [-0.2, -0.15) is 16.9 Å². The molecule has 1 rings (SSSR count). The van der Waals surface area contributed by atoms with Crippen LogP contribution in [0.25, 0.3) is 0 Å². The Kier molecular flexibility index (Phi) is 3.57. The van der Waals surface area contributed by atoms with Crippen molar-refractivity contribution in [3.63, 3.8) is 0 Å². The summed E-state index contributed by atoms with van der Waals surface area (Å²) in [6.07, 6.45) is 5.13. The lowest BCUT2D eigenvalue weighted by Gasteiger charge is -2.21. The van der Waals surface area contributed by atoms with Gasteiger partial charge in [-0.15, -0.1) is 0 Å². The van der Waals surface area contributed by atoms with Gasteiger partial charge in [0, 0.05) is 17.5 Å². The Balaban J connectivity index is 2.43. The van der Waals surface area contributed by atoms with E-state index in [0.717, 1.165) is 0 Å². The van der Waals surface area contributed by atoms with Crippen molar-refractivity contribution >= 4 is 17.7 Å². The number of carbonyl (C=O) groups is 1. The molecule has 0 unspecified atom stereocenters. The lowest BCUT2D eigenvalue weighted by Crippen LogP contribution is -2.35. The molecule has 78 valence electrons. The van der Waals surface area contributed by atoms with Crippen molar-refractivity contribution in [3.05, 3.63) is 18.0 Å². The van der Waals surface area contributed by atoms with Crippen molar-refractivity contribution in [2.75, 3.05) is 12.8 Å². The maximum atomic E-state index is 11.5. The minimum absolute atomic E-state index is 0.0688. The van der Waals surface area contributed by atoms with Gasteiger partial charge in [-0.25, -0.2) is 0 Å². The first-order valence-electron chi connectivity index (χ1n) is 4.37. The highest BCUT2D eigenvalue weighted by Crippen LogP contribution is 2.19. The zero-order valence-corrected chi connectivity index (χ0v) is 9.44. The van der Waals surface area contributed by atoms with Gasteiger partial charge in [0.25, 0.3) is 5.91 Å². The van der Waals surface area contributed by atoms with E-state index in [1.54, 1.807) is 18.0 Å². The molecule has 0 aliphatic heterocycles. The summed E-state index contributed by atoms with van der Waals surface area (Å²) in [5.74, 6) is -0.0825. The average molecular weight is 213 g/mol. The molecule has 0 saturated heterocycles. The molecule has 1 aromatic rings. The summed E-state index contributed by atoms with van der Waals surface area (Å²) in [7, 11) is 0. The minimum atomic E-state index is -0.0825. The Morgan fingerprint density at radius 2 is 2.43 bits per heavy atom. The predicted octanol–water partition coefficient (Wildman–Crippen LogP) is 1.28. The monoisotopic (exact) mass is 213 g/mol. The number of aromatic amines is 1. The lowest BCUT2D eigenvalue weighted by molar-refractivity contribution is 0.0951. The van der Waals surface area contributed by atoms with Crippen molar-refractivity contribution in [2.45, 2.75) is 18.6 Å². The summed E-state index contributed by atoms with van der Waals surface area (Å²) in [6, 6.07) is 0. The van der Waals surface area contributed by atoms with Crippen molar-refractivity contribution in [1.82, 2.24) is 15.5 Å². The normalized spacial score (nSPS) is 11.4. The number of rotatable bonds is 4. The third kappa shape index (κ3) is 3.06. The summed E-state index contributed by atoms with van der Waals surface area (Å²) < 4.78 is 0.0688. The molecule has 1 aromatic heterocycles. The zero-order chi connectivity index (χ0) is 10.6. The van der Waals surface area contributed by atoms with Crippen molar-refractivity contribution < 1.29 is 4.79 Å². The number of nitrogens with one attached hydrogen (secondary N) is 2. The average Bonchev–Trinajstić information content (AvgIpc) is 2.67. The second-order valence-electron chi connectivity index (χ2n) is 3.63. The second kappa shape index (κ2) is 4.50. The summed E-state index contributed by atoms with van der Waals surface area (Å²) >= 11 is 1.73. The van der Waals surface area contributed by atoms with Crippen molar-refractivity contribution in [2.24, 2.45) is 0 Å². The second-order valence-corrected chi connectivity index (χ2v) is 5.15. The minimum Gasteiger partial charge on any atom is -0.351 e. The molecule has 14 heavy (non-hydrogen) atoms. The van der Waals surface area contributed by atoms with Gasteiger partial charge in [-0.1, -0.05) is 0 Å². The Hall–Kier alpha value is -0.970. The van der Waals surface area contributed by atoms with Gasteiger partial charge in [-0.3, -0.25) is 9.89 Å². The highest BCUT2D eigenvalue weighted by Gasteiger charge is 2.17. The lowest BCUT2D eigenvalue weighted by atomic mass is 10.2. The molecule has 1 heterocycles. The molecule has 0 aromatic carbocycles. The molecule has 0 spiro atoms. The molecule has 0 fully saturated rings. The van der Waals surface area contributed by atoms with E-state index in [-0.39, 0.29) is 10.7 Å². The number of amides is 1. The zero-order valence-electron chi connectivity index (χ0n) is 8.63. The van der Waals surface area contributed by atoms with Crippen molar-refractivity contribution in [1.29, 1.82) is 0 Å². The van der Waals surface area contributed by atoms with Crippen LogP contribution < -0.4 is 5.32 Å². The van der Waals surface area contributed by atoms with Crippen LogP contribution in [0.4, 0.5) is 0 Å². The number of hydrogen-bond donors (Lipinski definition) is 2. The van der Waals surface area contributed by atoms with Crippen LogP contribution in [-0.4, -0.2) is 33.7 Å². The van der Waals surface area contributed by atoms with Crippen LogP contribution in [0.2, 0.25) is 0 Å². The number of carbonyl (C=O) groups excluding carboxylic acids is 1. The van der Waals surface area contributed by atoms with Gasteiger partial charge in [0.1, 0.15) is 0 Å². The summed E-state index contributed by atoms with van der Waals surface area (Å²) in [5.41, 5.74) is 0.571. The SMILES string of the molecule is CSC(C)(C)CNC(=O)c1cn[nH]c1. The number of hydrogen-bond acceptors (Lipinski definition) is 3. The van der Waals surface area contributed by atoms with Crippen LogP contribution in [0.15, 0.2) is 12.4 Å². The first-order valence-corrected chi connectivity index (χ1v) is 5.60. The number of thioether (sulfide) groups is 1. The van der Waals surface area contributed by atoms with E-state index in [4.69, 9.17) is 0 Å². The summed E-state index contributed by atoms with van der Waals surface area (Å²) in [5, 5.41) is 9.18. The Morgan fingerprint density at radius 3 is 2.93 bits per heavy atom. The number of H-pyrrole nitrogens is 1. The van der Waals surface area contributed by atoms with Gasteiger partial charge in [0.05, 0.1) is 11.8 Å². The molecule has 5 heteroatoms. The molecule has 0 aliphatic rings. The van der Waals surface area contributed by atoms with E-state index >= 15 is 0 Å². The Bertz CT molecular complexity index is 295. The van der Waals surface area contributed by atoms with Gasteiger partial charge in [-0.05, 0) is 20.1 Å². The van der Waals surface area contributed by atoms with E-state index in [9.17, 15) is 4.79 Å². The maximum absolute atomic E-state index is 11.5. The van der Waals surface area contributed by atoms with Crippen LogP contribution in [0.5, 0.6) is 0 Å². The topological polar surface area (TPSA) is 57.8 Å². The molecule has 4 nitrogen and oxygen atoms in total. The van der Waals surface area contributed by atoms with Gasteiger partial charge in [0.2, 0.25) is 0 Å². The van der Waals surface area contributed by atoms with Crippen LogP contribution in [0.3, 0.4) is 0 Å². The van der Waals surface area contributed by atoms with Crippen molar-refractivity contribution in [3.8, 4) is 0 Å². The molecular weight excluding hydrogens is 198 g/mol. The number of aromatic nitrogens is 2. The van der Waals surface area contributed by atoms with Crippen LogP contribution in [0.1, 0.15) is 24.2 Å². The fraction of sp³-hybridized carbons (Fsp3) is 0.556. The molecule has 0 saturated carbocycles. The molecule has 0 aliphatic carbocycles. The van der Waals surface area contributed by atoms with Gasteiger partial charge >= 0.3 is 0 Å². The van der Waals surface area contributed by atoms with Crippen LogP contribution in [0, 0.1) is 0 Å². The first kappa shape index (κ1) is 11.1. The smallest absolute Gasteiger partial charge is 0.254 e. The molecule has 0 bridgehead atoms. The van der Waals surface area contributed by atoms with E-state index in [1.807, 2.05) is 6.26 Å². The molecule has 1 amide bonds. The Labute approximate surface area is 87.9 Å². The van der Waals surface area contributed by atoms with E-state index < -0.39 is 0 Å². The fourth-order valence-corrected chi connectivity index (χ4v) is 1.06.